The van der Waals surface area contributed by atoms with Crippen molar-refractivity contribution in [3.63, 3.8) is 0 Å². The van der Waals surface area contributed by atoms with Gasteiger partial charge in [0.25, 0.3) is 0 Å². The molecule has 0 aliphatic rings. The van der Waals surface area contributed by atoms with Gasteiger partial charge >= 0.3 is 11.9 Å². The van der Waals surface area contributed by atoms with Crippen LogP contribution in [-0.2, 0) is 0 Å². The monoisotopic (exact) mass is 405 g/mol. The highest BCUT2D eigenvalue weighted by molar-refractivity contribution is 8.01. The third-order valence-corrected chi connectivity index (χ3v) is 6.21. The maximum absolute atomic E-state index is 11.3. The van der Waals surface area contributed by atoms with Crippen LogP contribution in [0.4, 0.5) is 0 Å². The minimum Gasteiger partial charge on any atom is -0.478 e. The summed E-state index contributed by atoms with van der Waals surface area (Å²) in [5, 5.41) is 32.2. The molecule has 2 N–H and O–H groups in total. The van der Waals surface area contributed by atoms with Crippen LogP contribution in [0, 0.1) is 0 Å². The Morgan fingerprint density at radius 2 is 2.00 bits per heavy atom. The van der Waals surface area contributed by atoms with Gasteiger partial charge < -0.3 is 10.2 Å². The number of nitrogens with zero attached hydrogens (tertiary/aromatic N) is 5. The number of thiophene rings is 1. The van der Waals surface area contributed by atoms with Gasteiger partial charge in [0, 0.05) is 0 Å². The van der Waals surface area contributed by atoms with Crippen molar-refractivity contribution in [2.24, 2.45) is 0 Å². The molecule has 4 rings (SSSR count). The second-order valence-electron chi connectivity index (χ2n) is 4.89. The molecule has 3 aromatic heterocycles. The van der Waals surface area contributed by atoms with Crippen molar-refractivity contribution in [1.29, 1.82) is 0 Å². The van der Waals surface area contributed by atoms with Crippen molar-refractivity contribution < 1.29 is 19.8 Å². The summed E-state index contributed by atoms with van der Waals surface area (Å²) in [6.07, 6.45) is 0. The molecule has 0 spiro atoms. The standard InChI is InChI=1S/C14H7N5O4S3/c20-11(21)6-1-2-8-9(5-6)25-14(15-8)26-13-16-17-18-19(13)10-7(12(22)23)3-4-24-10/h1-5H,(H,20,21)(H,22,23). The van der Waals surface area contributed by atoms with Gasteiger partial charge in [0.1, 0.15) is 5.00 Å². The maximum atomic E-state index is 11.3. The van der Waals surface area contributed by atoms with E-state index in [1.165, 1.54) is 51.2 Å². The van der Waals surface area contributed by atoms with E-state index in [0.717, 1.165) is 4.70 Å². The van der Waals surface area contributed by atoms with E-state index in [0.29, 0.717) is 20.0 Å². The molecule has 1 aromatic carbocycles. The zero-order valence-electron chi connectivity index (χ0n) is 12.6. The average molecular weight is 405 g/mol. The number of carbonyl (C=O) groups is 2. The first-order valence-electron chi connectivity index (χ1n) is 6.94. The number of thiazole rings is 1. The van der Waals surface area contributed by atoms with Gasteiger partial charge in [-0.15, -0.1) is 27.8 Å². The molecule has 0 saturated carbocycles. The lowest BCUT2D eigenvalue weighted by Crippen LogP contribution is -2.04. The second kappa shape index (κ2) is 6.48. The van der Waals surface area contributed by atoms with Crippen LogP contribution in [0.1, 0.15) is 20.7 Å². The number of aromatic nitrogens is 5. The van der Waals surface area contributed by atoms with Gasteiger partial charge in [-0.05, 0) is 51.8 Å². The number of fused-ring (bicyclic) bond motifs is 1. The summed E-state index contributed by atoms with van der Waals surface area (Å²) in [5.41, 5.74) is 0.968. The van der Waals surface area contributed by atoms with E-state index >= 15 is 0 Å². The van der Waals surface area contributed by atoms with E-state index in [1.807, 2.05) is 0 Å². The first-order chi connectivity index (χ1) is 12.5. The topological polar surface area (TPSA) is 131 Å². The lowest BCUT2D eigenvalue weighted by Gasteiger charge is -2.01. The number of aromatic carboxylic acids is 2. The van der Waals surface area contributed by atoms with Crippen molar-refractivity contribution in [1.82, 2.24) is 25.2 Å². The Bertz CT molecular complexity index is 1150. The third kappa shape index (κ3) is 2.94. The molecule has 0 unspecified atom stereocenters. The molecule has 0 aliphatic heterocycles. The van der Waals surface area contributed by atoms with Crippen LogP contribution in [0.2, 0.25) is 0 Å². The van der Waals surface area contributed by atoms with Crippen LogP contribution in [0.5, 0.6) is 0 Å². The number of carboxylic acids is 2. The van der Waals surface area contributed by atoms with Gasteiger partial charge in [0.2, 0.25) is 5.16 Å². The van der Waals surface area contributed by atoms with Crippen LogP contribution in [-0.4, -0.2) is 47.3 Å². The number of rotatable bonds is 5. The van der Waals surface area contributed by atoms with Crippen molar-refractivity contribution in [3.8, 4) is 5.00 Å². The SMILES string of the molecule is O=C(O)c1ccc2nc(Sc3nnnn3-c3sccc3C(=O)O)sc2c1. The van der Waals surface area contributed by atoms with Crippen LogP contribution in [0.25, 0.3) is 15.2 Å². The zero-order chi connectivity index (χ0) is 18.3. The Morgan fingerprint density at radius 1 is 1.15 bits per heavy atom. The summed E-state index contributed by atoms with van der Waals surface area (Å²) >= 11 is 3.70. The largest absolute Gasteiger partial charge is 0.478 e. The van der Waals surface area contributed by atoms with Crippen LogP contribution < -0.4 is 0 Å². The Balaban J connectivity index is 1.69. The Hall–Kier alpha value is -2.83. The van der Waals surface area contributed by atoms with E-state index in [-0.39, 0.29) is 11.1 Å². The molecular formula is C14H7N5O4S3. The second-order valence-corrected chi connectivity index (χ2v) is 8.03. The van der Waals surface area contributed by atoms with Gasteiger partial charge in [-0.2, -0.15) is 4.68 Å². The summed E-state index contributed by atoms with van der Waals surface area (Å²) in [6.45, 7) is 0. The van der Waals surface area contributed by atoms with E-state index in [9.17, 15) is 14.7 Å². The van der Waals surface area contributed by atoms with Crippen molar-refractivity contribution in [2.45, 2.75) is 9.50 Å². The zero-order valence-corrected chi connectivity index (χ0v) is 15.0. The lowest BCUT2D eigenvalue weighted by molar-refractivity contribution is 0.0686. The van der Waals surface area contributed by atoms with Gasteiger partial charge in [0.15, 0.2) is 4.34 Å². The Morgan fingerprint density at radius 3 is 2.77 bits per heavy atom. The summed E-state index contributed by atoms with van der Waals surface area (Å²) in [7, 11) is 0. The number of carboxylic acid groups (broad SMARTS) is 2. The van der Waals surface area contributed by atoms with Crippen LogP contribution >= 0.6 is 34.4 Å². The minimum absolute atomic E-state index is 0.111. The van der Waals surface area contributed by atoms with Gasteiger partial charge in [-0.25, -0.2) is 14.6 Å². The third-order valence-electron chi connectivity index (χ3n) is 3.30. The first kappa shape index (κ1) is 16.6. The molecular weight excluding hydrogens is 398 g/mol. The predicted octanol–water partition coefficient (Wildman–Crippen LogP) is 2.88. The quantitative estimate of drug-likeness (QED) is 0.514. The molecule has 0 atom stereocenters. The molecule has 0 fully saturated rings. The highest BCUT2D eigenvalue weighted by Gasteiger charge is 2.20. The van der Waals surface area contributed by atoms with Crippen molar-refractivity contribution >= 4 is 56.6 Å². The normalized spacial score (nSPS) is 11.1. The van der Waals surface area contributed by atoms with E-state index in [1.54, 1.807) is 17.5 Å². The predicted molar refractivity (Wildman–Crippen MR) is 94.7 cm³/mol. The molecule has 0 saturated heterocycles. The lowest BCUT2D eigenvalue weighted by atomic mass is 10.2. The molecule has 0 aliphatic carbocycles. The molecule has 130 valence electrons. The summed E-state index contributed by atoms with van der Waals surface area (Å²) in [6, 6.07) is 6.19. The molecule has 12 heteroatoms. The molecule has 0 radical (unpaired) electrons. The summed E-state index contributed by atoms with van der Waals surface area (Å²) in [5.74, 6) is -2.06. The Labute approximate surface area is 156 Å². The summed E-state index contributed by atoms with van der Waals surface area (Å²) in [4.78, 5) is 26.8. The van der Waals surface area contributed by atoms with Gasteiger partial charge in [0.05, 0.1) is 21.3 Å². The first-order valence-corrected chi connectivity index (χ1v) is 9.45. The molecule has 4 aromatic rings. The number of hydrogen-bond donors (Lipinski definition) is 2. The highest BCUT2D eigenvalue weighted by atomic mass is 32.2. The van der Waals surface area contributed by atoms with E-state index in [2.05, 4.69) is 20.5 Å². The van der Waals surface area contributed by atoms with Crippen LogP contribution in [0.3, 0.4) is 0 Å². The Kier molecular flexibility index (Phi) is 4.14. The van der Waals surface area contributed by atoms with Gasteiger partial charge in [-0.1, -0.05) is 0 Å². The fourth-order valence-corrected chi connectivity index (χ4v) is 5.04. The van der Waals surface area contributed by atoms with E-state index < -0.39 is 11.9 Å². The molecule has 9 nitrogen and oxygen atoms in total. The maximum Gasteiger partial charge on any atom is 0.338 e. The molecule has 3 heterocycles. The fourth-order valence-electron chi connectivity index (χ4n) is 2.16. The molecule has 0 bridgehead atoms. The average Bonchev–Trinajstić information content (AvgIpc) is 3.32. The highest BCUT2D eigenvalue weighted by Crippen LogP contribution is 2.35. The molecule has 0 amide bonds. The van der Waals surface area contributed by atoms with E-state index in [4.69, 9.17) is 5.11 Å². The number of hydrogen-bond acceptors (Lipinski definition) is 9. The smallest absolute Gasteiger partial charge is 0.338 e. The van der Waals surface area contributed by atoms with Crippen molar-refractivity contribution in [3.05, 3.63) is 40.8 Å². The summed E-state index contributed by atoms with van der Waals surface area (Å²) < 4.78 is 2.70. The van der Waals surface area contributed by atoms with Crippen molar-refractivity contribution in [2.75, 3.05) is 0 Å². The molecule has 26 heavy (non-hydrogen) atoms. The number of tetrazole rings is 1. The fraction of sp³-hybridized carbons (Fsp3) is 0. The minimum atomic E-state index is -1.06. The van der Waals surface area contributed by atoms with Crippen LogP contribution in [0.15, 0.2) is 39.1 Å². The number of benzene rings is 1. The van der Waals surface area contributed by atoms with Gasteiger partial charge in [-0.3, -0.25) is 0 Å².